The highest BCUT2D eigenvalue weighted by Crippen LogP contribution is 2.41. The van der Waals surface area contributed by atoms with Gasteiger partial charge in [-0.15, -0.1) is 0 Å². The molecule has 0 amide bonds. The average Bonchev–Trinajstić information content (AvgIpc) is 3.28. The van der Waals surface area contributed by atoms with E-state index in [1.165, 1.54) is 44.9 Å². The highest BCUT2D eigenvalue weighted by atomic mass is 16.5. The van der Waals surface area contributed by atoms with Crippen molar-refractivity contribution >= 4 is 0 Å². The Morgan fingerprint density at radius 3 is 2.50 bits per heavy atom. The Morgan fingerprint density at radius 2 is 1.95 bits per heavy atom. The van der Waals surface area contributed by atoms with E-state index in [4.69, 9.17) is 4.74 Å². The van der Waals surface area contributed by atoms with Gasteiger partial charge in [-0.2, -0.15) is 5.26 Å². The van der Waals surface area contributed by atoms with Gasteiger partial charge in [-0.25, -0.2) is 0 Å². The summed E-state index contributed by atoms with van der Waals surface area (Å²) in [4.78, 5) is 0. The van der Waals surface area contributed by atoms with Gasteiger partial charge in [0.15, 0.2) is 0 Å². The van der Waals surface area contributed by atoms with Crippen molar-refractivity contribution in [3.63, 3.8) is 0 Å². The van der Waals surface area contributed by atoms with E-state index in [9.17, 15) is 5.26 Å². The summed E-state index contributed by atoms with van der Waals surface area (Å²) in [6.45, 7) is 7.05. The van der Waals surface area contributed by atoms with Crippen LogP contribution in [0.3, 0.4) is 0 Å². The molecule has 3 heteroatoms. The van der Waals surface area contributed by atoms with Gasteiger partial charge in [-0.05, 0) is 51.4 Å². The van der Waals surface area contributed by atoms with Gasteiger partial charge in [0.1, 0.15) is 5.54 Å². The van der Waals surface area contributed by atoms with Crippen LogP contribution in [0.25, 0.3) is 0 Å². The highest BCUT2D eigenvalue weighted by Gasteiger charge is 2.47. The van der Waals surface area contributed by atoms with Crippen molar-refractivity contribution in [1.82, 2.24) is 5.32 Å². The van der Waals surface area contributed by atoms with Gasteiger partial charge in [0.05, 0.1) is 18.8 Å². The Bertz CT molecular complexity index is 345. The molecule has 0 spiro atoms. The first-order valence-electron chi connectivity index (χ1n) is 8.42. The summed E-state index contributed by atoms with van der Waals surface area (Å²) in [5.74, 6) is 1.18. The zero-order chi connectivity index (χ0) is 14.6. The zero-order valence-corrected chi connectivity index (χ0v) is 13.3. The van der Waals surface area contributed by atoms with Crippen molar-refractivity contribution in [2.24, 2.45) is 11.8 Å². The number of hydrogen-bond donors (Lipinski definition) is 1. The zero-order valence-electron chi connectivity index (χ0n) is 13.3. The quantitative estimate of drug-likeness (QED) is 0.773. The Morgan fingerprint density at radius 1 is 1.25 bits per heavy atom. The van der Waals surface area contributed by atoms with Crippen LogP contribution < -0.4 is 5.32 Å². The van der Waals surface area contributed by atoms with E-state index in [-0.39, 0.29) is 0 Å². The molecule has 2 aliphatic rings. The van der Waals surface area contributed by atoms with Gasteiger partial charge < -0.3 is 4.74 Å². The Hall–Kier alpha value is -0.590. The van der Waals surface area contributed by atoms with Crippen molar-refractivity contribution in [3.8, 4) is 6.07 Å². The third kappa shape index (κ3) is 3.74. The molecule has 114 valence electrons. The van der Waals surface area contributed by atoms with Crippen molar-refractivity contribution in [1.29, 1.82) is 5.26 Å². The summed E-state index contributed by atoms with van der Waals surface area (Å²) in [6.07, 6.45) is 8.99. The summed E-state index contributed by atoms with van der Waals surface area (Å²) in [6, 6.07) is 2.87. The number of hydrogen-bond acceptors (Lipinski definition) is 3. The van der Waals surface area contributed by atoms with E-state index >= 15 is 0 Å². The maximum Gasteiger partial charge on any atom is 0.133 e. The standard InChI is InChI=1S/C17H30N2O/c1-4-14-7-5-6-8-16(14)20-12-17(11-18,15-9-10-15)19-13(2)3/h13-16,19H,4-10,12H2,1-3H3. The average molecular weight is 278 g/mol. The molecular formula is C17H30N2O. The van der Waals surface area contributed by atoms with Crippen molar-refractivity contribution < 1.29 is 4.74 Å². The van der Waals surface area contributed by atoms with E-state index in [1.54, 1.807) is 0 Å². The molecule has 0 bridgehead atoms. The van der Waals surface area contributed by atoms with E-state index in [2.05, 4.69) is 32.2 Å². The monoisotopic (exact) mass is 278 g/mol. The third-order valence-electron chi connectivity index (χ3n) is 4.91. The van der Waals surface area contributed by atoms with Crippen LogP contribution in [0, 0.1) is 23.2 Å². The topological polar surface area (TPSA) is 45.0 Å². The summed E-state index contributed by atoms with van der Waals surface area (Å²) in [7, 11) is 0. The van der Waals surface area contributed by atoms with E-state index in [1.807, 2.05) is 0 Å². The van der Waals surface area contributed by atoms with Crippen LogP contribution in [0.4, 0.5) is 0 Å². The fraction of sp³-hybridized carbons (Fsp3) is 0.941. The summed E-state index contributed by atoms with van der Waals surface area (Å²) in [5.41, 5.74) is -0.454. The molecule has 2 saturated carbocycles. The molecule has 1 N–H and O–H groups in total. The maximum absolute atomic E-state index is 9.70. The number of nitrogens with one attached hydrogen (secondary N) is 1. The van der Waals surface area contributed by atoms with E-state index < -0.39 is 5.54 Å². The minimum Gasteiger partial charge on any atom is -0.375 e. The molecule has 0 saturated heterocycles. The summed E-state index contributed by atoms with van der Waals surface area (Å²) in [5, 5.41) is 13.2. The van der Waals surface area contributed by atoms with Gasteiger partial charge in [0.25, 0.3) is 0 Å². The van der Waals surface area contributed by atoms with Crippen LogP contribution >= 0.6 is 0 Å². The second kappa shape index (κ2) is 6.91. The molecule has 2 rings (SSSR count). The lowest BCUT2D eigenvalue weighted by Crippen LogP contribution is -2.53. The van der Waals surface area contributed by atoms with Crippen LogP contribution in [-0.4, -0.2) is 24.3 Å². The van der Waals surface area contributed by atoms with Crippen LogP contribution in [-0.2, 0) is 4.74 Å². The molecule has 0 aromatic heterocycles. The number of ether oxygens (including phenoxy) is 1. The van der Waals surface area contributed by atoms with Crippen molar-refractivity contribution in [3.05, 3.63) is 0 Å². The second-order valence-corrected chi connectivity index (χ2v) is 6.96. The predicted octanol–water partition coefficient (Wildman–Crippen LogP) is 3.64. The highest BCUT2D eigenvalue weighted by molar-refractivity contribution is 5.16. The van der Waals surface area contributed by atoms with Crippen LogP contribution in [0.5, 0.6) is 0 Å². The largest absolute Gasteiger partial charge is 0.375 e. The first-order valence-corrected chi connectivity index (χ1v) is 8.42. The maximum atomic E-state index is 9.70. The molecule has 3 unspecified atom stereocenters. The van der Waals surface area contributed by atoms with Crippen molar-refractivity contribution in [2.45, 2.75) is 83.4 Å². The van der Waals surface area contributed by atoms with Crippen LogP contribution in [0.2, 0.25) is 0 Å². The Balaban J connectivity index is 1.96. The van der Waals surface area contributed by atoms with Gasteiger partial charge in [0.2, 0.25) is 0 Å². The summed E-state index contributed by atoms with van der Waals surface area (Å²) < 4.78 is 6.26. The Labute approximate surface area is 124 Å². The predicted molar refractivity (Wildman–Crippen MR) is 81.3 cm³/mol. The van der Waals surface area contributed by atoms with E-state index in [0.717, 1.165) is 0 Å². The molecule has 20 heavy (non-hydrogen) atoms. The van der Waals surface area contributed by atoms with Gasteiger partial charge in [-0.1, -0.05) is 26.2 Å². The normalized spacial score (nSPS) is 29.9. The molecule has 2 fully saturated rings. The minimum absolute atomic E-state index is 0.326. The van der Waals surface area contributed by atoms with Gasteiger partial charge in [-0.3, -0.25) is 5.32 Å². The van der Waals surface area contributed by atoms with E-state index in [0.29, 0.717) is 30.6 Å². The molecule has 0 aromatic rings. The molecule has 2 aliphatic carbocycles. The molecule has 3 atom stereocenters. The minimum atomic E-state index is -0.454. The first-order chi connectivity index (χ1) is 9.61. The second-order valence-electron chi connectivity index (χ2n) is 6.96. The fourth-order valence-electron chi connectivity index (χ4n) is 3.62. The van der Waals surface area contributed by atoms with Gasteiger partial charge in [0, 0.05) is 6.04 Å². The molecular weight excluding hydrogens is 248 g/mol. The van der Waals surface area contributed by atoms with Gasteiger partial charge >= 0.3 is 0 Å². The third-order valence-corrected chi connectivity index (χ3v) is 4.91. The number of nitrogens with zero attached hydrogens (tertiary/aromatic N) is 1. The molecule has 3 nitrogen and oxygen atoms in total. The molecule has 0 radical (unpaired) electrons. The number of rotatable bonds is 7. The Kier molecular flexibility index (Phi) is 5.46. The smallest absolute Gasteiger partial charge is 0.133 e. The lowest BCUT2D eigenvalue weighted by Gasteiger charge is -2.36. The SMILES string of the molecule is CCC1CCCCC1OCC(C#N)(NC(C)C)C1CC1. The fourth-order valence-corrected chi connectivity index (χ4v) is 3.62. The molecule has 0 aromatic carbocycles. The van der Waals surface area contributed by atoms with Crippen LogP contribution in [0.15, 0.2) is 0 Å². The van der Waals surface area contributed by atoms with Crippen molar-refractivity contribution in [2.75, 3.05) is 6.61 Å². The molecule has 0 aliphatic heterocycles. The number of nitriles is 1. The lowest BCUT2D eigenvalue weighted by atomic mass is 9.84. The summed E-state index contributed by atoms with van der Waals surface area (Å²) >= 11 is 0. The first kappa shape index (κ1) is 15.8. The van der Waals surface area contributed by atoms with Crippen LogP contribution in [0.1, 0.15) is 65.7 Å². The molecule has 0 heterocycles. The lowest BCUT2D eigenvalue weighted by molar-refractivity contribution is -0.0359.